The van der Waals surface area contributed by atoms with Gasteiger partial charge in [0.2, 0.25) is 0 Å². The highest BCUT2D eigenvalue weighted by molar-refractivity contribution is 5.48. The Morgan fingerprint density at radius 1 is 1.33 bits per heavy atom. The van der Waals surface area contributed by atoms with Gasteiger partial charge in [0.05, 0.1) is 11.8 Å². The number of alkyl halides is 3. The first-order valence-corrected chi connectivity index (χ1v) is 5.00. The van der Waals surface area contributed by atoms with Crippen molar-refractivity contribution < 1.29 is 17.9 Å². The molecule has 0 atom stereocenters. The van der Waals surface area contributed by atoms with Crippen molar-refractivity contribution in [3.8, 4) is 11.6 Å². The minimum atomic E-state index is -4.41. The maximum atomic E-state index is 12.5. The van der Waals surface area contributed by atoms with E-state index >= 15 is 0 Å². The Labute approximate surface area is 101 Å². The van der Waals surface area contributed by atoms with E-state index in [0.717, 1.165) is 12.1 Å². The molecule has 0 fully saturated rings. The summed E-state index contributed by atoms with van der Waals surface area (Å²) in [6.07, 6.45) is -2.90. The monoisotopic (exact) mass is 257 g/mol. The number of aromatic nitrogens is 2. The second-order valence-corrected chi connectivity index (χ2v) is 3.69. The molecule has 0 saturated heterocycles. The van der Waals surface area contributed by atoms with Crippen LogP contribution in [0.2, 0.25) is 0 Å². The molecule has 0 unspecified atom stereocenters. The lowest BCUT2D eigenvalue weighted by atomic mass is 10.2. The molecule has 7 heteroatoms. The van der Waals surface area contributed by atoms with Crippen LogP contribution in [0.25, 0.3) is 0 Å². The second-order valence-electron chi connectivity index (χ2n) is 3.69. The molecule has 0 radical (unpaired) electrons. The maximum absolute atomic E-state index is 12.5. The predicted molar refractivity (Wildman–Crippen MR) is 59.1 cm³/mol. The Kier molecular flexibility index (Phi) is 2.90. The highest BCUT2D eigenvalue weighted by Crippen LogP contribution is 2.33. The van der Waals surface area contributed by atoms with Crippen molar-refractivity contribution >= 4 is 5.69 Å². The Balaban J connectivity index is 2.27. The van der Waals surface area contributed by atoms with Gasteiger partial charge in [-0.05, 0) is 18.2 Å². The molecule has 0 aliphatic carbocycles. The van der Waals surface area contributed by atoms with E-state index < -0.39 is 11.7 Å². The minimum absolute atomic E-state index is 0.0372. The zero-order valence-electron chi connectivity index (χ0n) is 9.40. The van der Waals surface area contributed by atoms with Crippen LogP contribution in [0.5, 0.6) is 11.6 Å². The van der Waals surface area contributed by atoms with E-state index in [0.29, 0.717) is 0 Å². The summed E-state index contributed by atoms with van der Waals surface area (Å²) < 4.78 is 44.1. The second kappa shape index (κ2) is 4.25. The number of nitrogen functional groups attached to an aromatic ring is 1. The molecule has 2 rings (SSSR count). The van der Waals surface area contributed by atoms with Gasteiger partial charge in [0.1, 0.15) is 11.4 Å². The summed E-state index contributed by atoms with van der Waals surface area (Å²) in [5, 5.41) is 3.89. The van der Waals surface area contributed by atoms with Crippen LogP contribution in [0.1, 0.15) is 5.56 Å². The molecule has 2 aromatic rings. The van der Waals surface area contributed by atoms with Gasteiger partial charge in [-0.2, -0.15) is 13.2 Å². The number of ether oxygens (including phenoxy) is 1. The number of rotatable bonds is 2. The third-order valence-corrected chi connectivity index (χ3v) is 2.20. The summed E-state index contributed by atoms with van der Waals surface area (Å²) >= 11 is 0. The topological polar surface area (TPSA) is 53.1 Å². The van der Waals surface area contributed by atoms with Crippen molar-refractivity contribution in [1.29, 1.82) is 0 Å². The lowest BCUT2D eigenvalue weighted by molar-refractivity contribution is -0.137. The molecule has 4 nitrogen and oxygen atoms in total. The van der Waals surface area contributed by atoms with E-state index in [2.05, 4.69) is 5.10 Å². The zero-order valence-corrected chi connectivity index (χ0v) is 9.40. The molecule has 1 aromatic heterocycles. The van der Waals surface area contributed by atoms with Gasteiger partial charge in [-0.25, -0.2) is 0 Å². The van der Waals surface area contributed by atoms with Gasteiger partial charge in [0.15, 0.2) is 0 Å². The molecule has 18 heavy (non-hydrogen) atoms. The number of aryl methyl sites for hydroxylation is 1. The summed E-state index contributed by atoms with van der Waals surface area (Å²) in [6, 6.07) is 4.53. The smallest absolute Gasteiger partial charge is 0.416 e. The minimum Gasteiger partial charge on any atom is -0.436 e. The SMILES string of the molecule is Cn1cc(N)c(Oc2cccc(C(F)(F)F)c2)n1. The quantitative estimate of drug-likeness (QED) is 0.900. The van der Waals surface area contributed by atoms with Gasteiger partial charge in [-0.1, -0.05) is 6.07 Å². The molecule has 1 heterocycles. The Morgan fingerprint density at radius 3 is 2.61 bits per heavy atom. The fourth-order valence-corrected chi connectivity index (χ4v) is 1.41. The molecule has 0 bridgehead atoms. The third-order valence-electron chi connectivity index (χ3n) is 2.20. The Morgan fingerprint density at radius 2 is 2.06 bits per heavy atom. The van der Waals surface area contributed by atoms with E-state index in [9.17, 15) is 13.2 Å². The summed E-state index contributed by atoms with van der Waals surface area (Å²) in [5.41, 5.74) is 5.06. The highest BCUT2D eigenvalue weighted by Gasteiger charge is 2.30. The number of hydrogen-bond acceptors (Lipinski definition) is 3. The van der Waals surface area contributed by atoms with Gasteiger partial charge in [0.25, 0.3) is 5.88 Å². The van der Waals surface area contributed by atoms with Crippen LogP contribution >= 0.6 is 0 Å². The number of hydrogen-bond donors (Lipinski definition) is 1. The first-order valence-electron chi connectivity index (χ1n) is 5.00. The van der Waals surface area contributed by atoms with Crippen LogP contribution in [0, 0.1) is 0 Å². The van der Waals surface area contributed by atoms with Crippen LogP contribution in [0.3, 0.4) is 0 Å². The normalized spacial score (nSPS) is 11.6. The number of halogens is 3. The first kappa shape index (κ1) is 12.3. The molecule has 0 aliphatic rings. The van der Waals surface area contributed by atoms with Crippen molar-refractivity contribution in [3.63, 3.8) is 0 Å². The highest BCUT2D eigenvalue weighted by atomic mass is 19.4. The number of nitrogens with two attached hydrogens (primary N) is 1. The molecule has 0 saturated carbocycles. The Bertz CT molecular complexity index is 563. The van der Waals surface area contributed by atoms with Crippen molar-refractivity contribution in [2.75, 3.05) is 5.73 Å². The van der Waals surface area contributed by atoms with Gasteiger partial charge in [-0.15, -0.1) is 5.10 Å². The van der Waals surface area contributed by atoms with Gasteiger partial charge >= 0.3 is 6.18 Å². The largest absolute Gasteiger partial charge is 0.436 e. The lowest BCUT2D eigenvalue weighted by Gasteiger charge is -2.08. The van der Waals surface area contributed by atoms with Gasteiger partial charge in [0, 0.05) is 7.05 Å². The van der Waals surface area contributed by atoms with Crippen LogP contribution in [-0.4, -0.2) is 9.78 Å². The van der Waals surface area contributed by atoms with Gasteiger partial charge in [-0.3, -0.25) is 4.68 Å². The Hall–Kier alpha value is -2.18. The maximum Gasteiger partial charge on any atom is 0.416 e. The van der Waals surface area contributed by atoms with E-state index in [1.807, 2.05) is 0 Å². The molecular weight excluding hydrogens is 247 g/mol. The summed E-state index contributed by atoms with van der Waals surface area (Å²) in [6.45, 7) is 0. The van der Waals surface area contributed by atoms with E-state index in [4.69, 9.17) is 10.5 Å². The van der Waals surface area contributed by atoms with Crippen molar-refractivity contribution in [2.24, 2.45) is 7.05 Å². The fraction of sp³-hybridized carbons (Fsp3) is 0.182. The third kappa shape index (κ3) is 2.55. The number of benzene rings is 1. The van der Waals surface area contributed by atoms with Crippen molar-refractivity contribution in [1.82, 2.24) is 9.78 Å². The molecule has 0 spiro atoms. The average molecular weight is 257 g/mol. The summed E-state index contributed by atoms with van der Waals surface area (Å²) in [7, 11) is 1.63. The van der Waals surface area contributed by atoms with Gasteiger partial charge < -0.3 is 10.5 Å². The molecule has 96 valence electrons. The predicted octanol–water partition coefficient (Wildman–Crippen LogP) is 2.81. The first-order chi connectivity index (χ1) is 8.36. The molecule has 2 N–H and O–H groups in total. The van der Waals surface area contributed by atoms with Crippen LogP contribution in [0.4, 0.5) is 18.9 Å². The molecule has 1 aromatic carbocycles. The number of anilines is 1. The standard InChI is InChI=1S/C11H10F3N3O/c1-17-6-9(15)10(16-17)18-8-4-2-3-7(5-8)11(12,13)14/h2-6H,15H2,1H3. The van der Waals surface area contributed by atoms with Crippen LogP contribution in [-0.2, 0) is 13.2 Å². The van der Waals surface area contributed by atoms with E-state index in [-0.39, 0.29) is 17.3 Å². The molecular formula is C11H10F3N3O. The lowest BCUT2D eigenvalue weighted by Crippen LogP contribution is -2.04. The van der Waals surface area contributed by atoms with Crippen LogP contribution < -0.4 is 10.5 Å². The summed E-state index contributed by atoms with van der Waals surface area (Å²) in [4.78, 5) is 0. The van der Waals surface area contributed by atoms with Crippen molar-refractivity contribution in [3.05, 3.63) is 36.0 Å². The number of nitrogens with zero attached hydrogens (tertiary/aromatic N) is 2. The summed E-state index contributed by atoms with van der Waals surface area (Å²) in [5.74, 6) is 0.118. The molecule has 0 amide bonds. The zero-order chi connectivity index (χ0) is 13.3. The van der Waals surface area contributed by atoms with E-state index in [1.165, 1.54) is 23.0 Å². The average Bonchev–Trinajstić information content (AvgIpc) is 2.56. The van der Waals surface area contributed by atoms with E-state index in [1.54, 1.807) is 7.05 Å². The van der Waals surface area contributed by atoms with Crippen LogP contribution in [0.15, 0.2) is 30.5 Å². The van der Waals surface area contributed by atoms with Crippen molar-refractivity contribution in [2.45, 2.75) is 6.18 Å². The fourth-order valence-electron chi connectivity index (χ4n) is 1.41. The molecule has 0 aliphatic heterocycles.